The number of esters is 1. The minimum Gasteiger partial charge on any atom is -0.497 e. The Balaban J connectivity index is 1.74. The van der Waals surface area contributed by atoms with E-state index in [0.717, 1.165) is 0 Å². The number of halogens is 1. The molecule has 0 aromatic heterocycles. The van der Waals surface area contributed by atoms with Gasteiger partial charge in [0.05, 0.1) is 30.7 Å². The van der Waals surface area contributed by atoms with Crippen LogP contribution in [-0.2, 0) is 0 Å². The van der Waals surface area contributed by atoms with Gasteiger partial charge >= 0.3 is 5.97 Å². The number of nitrogens with zero attached hydrogens (tertiary/aromatic N) is 1. The first-order valence-electron chi connectivity index (χ1n) is 9.87. The van der Waals surface area contributed by atoms with Crippen LogP contribution in [0.3, 0.4) is 0 Å². The highest BCUT2D eigenvalue weighted by Gasteiger charge is 2.33. The molecule has 0 aliphatic carbocycles. The molecule has 0 spiro atoms. The third-order valence-corrected chi connectivity index (χ3v) is 5.58. The lowest BCUT2D eigenvalue weighted by atomic mass is 9.83. The molecule has 0 amide bonds. The topological polar surface area (TPSA) is 104 Å². The van der Waals surface area contributed by atoms with Gasteiger partial charge in [-0.2, -0.15) is 5.26 Å². The Morgan fingerprint density at radius 1 is 1.03 bits per heavy atom. The van der Waals surface area contributed by atoms with Crippen LogP contribution >= 0.6 is 11.6 Å². The summed E-state index contributed by atoms with van der Waals surface area (Å²) in [7, 11) is 3.09. The van der Waals surface area contributed by atoms with E-state index < -0.39 is 11.9 Å². The van der Waals surface area contributed by atoms with Crippen molar-refractivity contribution < 1.29 is 23.7 Å². The molecule has 0 saturated carbocycles. The minimum absolute atomic E-state index is 0.0394. The number of nitriles is 1. The number of carbonyl (C=O) groups is 1. The lowest BCUT2D eigenvalue weighted by Gasteiger charge is -2.27. The number of nitrogens with two attached hydrogens (primary N) is 1. The van der Waals surface area contributed by atoms with Crippen LogP contribution in [-0.4, -0.2) is 20.2 Å². The third-order valence-electron chi connectivity index (χ3n) is 5.25. The average molecular weight is 463 g/mol. The SMILES string of the molecule is COc1ccc(C2C(C#N)=C(N)Oc3cc(OC(=O)c4ccccc4Cl)ccc32)c(OC)c1. The van der Waals surface area contributed by atoms with Gasteiger partial charge in [-0.3, -0.25) is 0 Å². The number of rotatable bonds is 5. The number of benzene rings is 3. The van der Waals surface area contributed by atoms with Crippen molar-refractivity contribution >= 4 is 17.6 Å². The van der Waals surface area contributed by atoms with Crippen LogP contribution in [0.15, 0.2) is 72.1 Å². The van der Waals surface area contributed by atoms with Crippen molar-refractivity contribution in [3.63, 3.8) is 0 Å². The molecule has 1 aliphatic rings. The van der Waals surface area contributed by atoms with E-state index in [1.807, 2.05) is 6.07 Å². The fourth-order valence-electron chi connectivity index (χ4n) is 3.66. The van der Waals surface area contributed by atoms with Crippen molar-refractivity contribution in [2.24, 2.45) is 5.73 Å². The van der Waals surface area contributed by atoms with E-state index in [1.54, 1.807) is 61.7 Å². The summed E-state index contributed by atoms with van der Waals surface area (Å²) in [6.45, 7) is 0. The molecule has 3 aromatic carbocycles. The fraction of sp³-hybridized carbons (Fsp3) is 0.120. The van der Waals surface area contributed by atoms with Crippen LogP contribution in [0.25, 0.3) is 0 Å². The van der Waals surface area contributed by atoms with E-state index in [4.69, 9.17) is 36.3 Å². The molecule has 8 heteroatoms. The summed E-state index contributed by atoms with van der Waals surface area (Å²) in [6, 6.07) is 19.0. The molecule has 166 valence electrons. The van der Waals surface area contributed by atoms with E-state index in [0.29, 0.717) is 28.4 Å². The summed E-state index contributed by atoms with van der Waals surface area (Å²) >= 11 is 6.09. The Bertz CT molecular complexity index is 1310. The summed E-state index contributed by atoms with van der Waals surface area (Å²) in [5, 5.41) is 10.1. The van der Waals surface area contributed by atoms with Crippen molar-refractivity contribution in [1.29, 1.82) is 5.26 Å². The van der Waals surface area contributed by atoms with Gasteiger partial charge in [0.15, 0.2) is 0 Å². The molecule has 1 heterocycles. The third kappa shape index (κ3) is 4.16. The zero-order chi connectivity index (χ0) is 23.5. The molecule has 2 N–H and O–H groups in total. The molecular weight excluding hydrogens is 444 g/mol. The molecular formula is C25H19ClN2O5. The van der Waals surface area contributed by atoms with Gasteiger partial charge in [0, 0.05) is 23.3 Å². The Hall–Kier alpha value is -4.15. The molecule has 4 rings (SSSR count). The highest BCUT2D eigenvalue weighted by Crippen LogP contribution is 2.46. The molecule has 33 heavy (non-hydrogen) atoms. The lowest BCUT2D eigenvalue weighted by Crippen LogP contribution is -2.21. The lowest BCUT2D eigenvalue weighted by molar-refractivity contribution is 0.0734. The maximum Gasteiger partial charge on any atom is 0.345 e. The molecule has 0 saturated heterocycles. The van der Waals surface area contributed by atoms with Crippen LogP contribution in [0.1, 0.15) is 27.4 Å². The van der Waals surface area contributed by atoms with Gasteiger partial charge in [-0.1, -0.05) is 35.9 Å². The van der Waals surface area contributed by atoms with Crippen molar-refractivity contribution in [2.75, 3.05) is 14.2 Å². The quantitative estimate of drug-likeness (QED) is 0.429. The number of hydrogen-bond acceptors (Lipinski definition) is 7. The van der Waals surface area contributed by atoms with Crippen molar-refractivity contribution in [1.82, 2.24) is 0 Å². The summed E-state index contributed by atoms with van der Waals surface area (Å²) < 4.78 is 22.0. The van der Waals surface area contributed by atoms with E-state index >= 15 is 0 Å². The Kier molecular flexibility index (Phi) is 6.11. The van der Waals surface area contributed by atoms with E-state index in [2.05, 4.69) is 6.07 Å². The number of ether oxygens (including phenoxy) is 4. The number of fused-ring (bicyclic) bond motifs is 1. The normalized spacial score (nSPS) is 14.5. The molecule has 0 bridgehead atoms. The Morgan fingerprint density at radius 2 is 1.76 bits per heavy atom. The van der Waals surface area contributed by atoms with Crippen LogP contribution in [0.4, 0.5) is 0 Å². The van der Waals surface area contributed by atoms with Crippen molar-refractivity contribution in [3.8, 4) is 29.1 Å². The van der Waals surface area contributed by atoms with Crippen LogP contribution in [0.2, 0.25) is 5.02 Å². The van der Waals surface area contributed by atoms with Crippen molar-refractivity contribution in [3.05, 3.63) is 93.8 Å². The first kappa shape index (κ1) is 22.1. The smallest absolute Gasteiger partial charge is 0.345 e. The number of allylic oxidation sites excluding steroid dienone is 1. The van der Waals surface area contributed by atoms with Gasteiger partial charge in [-0.25, -0.2) is 4.79 Å². The zero-order valence-corrected chi connectivity index (χ0v) is 18.6. The molecule has 0 fully saturated rings. The van der Waals surface area contributed by atoms with Gasteiger partial charge in [0.1, 0.15) is 34.6 Å². The second-order valence-corrected chi connectivity index (χ2v) is 7.51. The molecule has 0 radical (unpaired) electrons. The van der Waals surface area contributed by atoms with E-state index in [9.17, 15) is 10.1 Å². The van der Waals surface area contributed by atoms with Gasteiger partial charge in [0.2, 0.25) is 5.88 Å². The maximum atomic E-state index is 12.5. The largest absolute Gasteiger partial charge is 0.497 e. The molecule has 1 atom stereocenters. The predicted octanol–water partition coefficient (Wildman–Crippen LogP) is 4.79. The Morgan fingerprint density at radius 3 is 2.45 bits per heavy atom. The van der Waals surface area contributed by atoms with Gasteiger partial charge in [-0.15, -0.1) is 0 Å². The first-order valence-corrected chi connectivity index (χ1v) is 10.2. The molecule has 1 aliphatic heterocycles. The van der Waals surface area contributed by atoms with Crippen molar-refractivity contribution in [2.45, 2.75) is 5.92 Å². The highest BCUT2D eigenvalue weighted by atomic mass is 35.5. The first-order chi connectivity index (χ1) is 16.0. The van der Waals surface area contributed by atoms with E-state index in [-0.39, 0.29) is 27.8 Å². The molecule has 7 nitrogen and oxygen atoms in total. The summed E-state index contributed by atoms with van der Waals surface area (Å²) in [6.07, 6.45) is 0. The zero-order valence-electron chi connectivity index (χ0n) is 17.8. The second kappa shape index (κ2) is 9.15. The predicted molar refractivity (Wildman–Crippen MR) is 122 cm³/mol. The minimum atomic E-state index is -0.606. The number of hydrogen-bond donors (Lipinski definition) is 1. The van der Waals surface area contributed by atoms with Gasteiger partial charge in [0.25, 0.3) is 0 Å². The maximum absolute atomic E-state index is 12.5. The standard InChI is InChI=1S/C25H19ClN2O5/c1-30-14-7-9-17(21(11-14)31-2)23-18-10-8-15(12-22(18)33-24(28)19(23)13-27)32-25(29)16-5-3-4-6-20(16)26/h3-12,23H,28H2,1-2H3. The summed E-state index contributed by atoms with van der Waals surface area (Å²) in [5.74, 6) is 0.551. The number of carbonyl (C=O) groups excluding carboxylic acids is 1. The molecule has 3 aromatic rings. The van der Waals surface area contributed by atoms with Gasteiger partial charge < -0.3 is 24.7 Å². The Labute approximate surface area is 195 Å². The summed E-state index contributed by atoms with van der Waals surface area (Å²) in [4.78, 5) is 12.5. The fourth-order valence-corrected chi connectivity index (χ4v) is 3.88. The van der Waals surface area contributed by atoms with Crippen LogP contribution < -0.4 is 24.7 Å². The second-order valence-electron chi connectivity index (χ2n) is 7.10. The monoisotopic (exact) mass is 462 g/mol. The average Bonchev–Trinajstić information content (AvgIpc) is 2.82. The summed E-state index contributed by atoms with van der Waals surface area (Å²) in [5.41, 5.74) is 7.95. The number of methoxy groups -OCH3 is 2. The van der Waals surface area contributed by atoms with E-state index in [1.165, 1.54) is 7.11 Å². The van der Waals surface area contributed by atoms with Crippen LogP contribution in [0, 0.1) is 11.3 Å². The highest BCUT2D eigenvalue weighted by molar-refractivity contribution is 6.33. The van der Waals surface area contributed by atoms with Crippen LogP contribution in [0.5, 0.6) is 23.0 Å². The molecule has 1 unspecified atom stereocenters. The van der Waals surface area contributed by atoms with Gasteiger partial charge in [-0.05, 0) is 24.3 Å².